The number of ether oxygens (including phenoxy) is 1. The van der Waals surface area contributed by atoms with Crippen LogP contribution in [0.25, 0.3) is 11.6 Å². The summed E-state index contributed by atoms with van der Waals surface area (Å²) in [6.45, 7) is 9.82. The summed E-state index contributed by atoms with van der Waals surface area (Å²) in [5.41, 5.74) is 7.46. The second kappa shape index (κ2) is 11.2. The molecule has 10 nitrogen and oxygen atoms in total. The number of imide groups is 1. The van der Waals surface area contributed by atoms with Gasteiger partial charge in [-0.05, 0) is 56.8 Å². The highest BCUT2D eigenvalue weighted by atomic mass is 19.1. The summed E-state index contributed by atoms with van der Waals surface area (Å²) >= 11 is 0. The fourth-order valence-electron chi connectivity index (χ4n) is 4.21. The number of benzene rings is 1. The van der Waals surface area contributed by atoms with Gasteiger partial charge in [0, 0.05) is 30.0 Å². The van der Waals surface area contributed by atoms with Crippen LogP contribution in [0.3, 0.4) is 0 Å². The highest BCUT2D eigenvalue weighted by molar-refractivity contribution is 6.42. The third kappa shape index (κ3) is 5.46. The number of fused-ring (bicyclic) bond motifs is 1. The zero-order valence-electron chi connectivity index (χ0n) is 20.7. The van der Waals surface area contributed by atoms with Crippen molar-refractivity contribution in [3.05, 3.63) is 52.1 Å². The van der Waals surface area contributed by atoms with Crippen LogP contribution in [0.4, 0.5) is 14.9 Å². The minimum absolute atomic E-state index is 0.0507. The van der Waals surface area contributed by atoms with E-state index in [-0.39, 0.29) is 22.7 Å². The topological polar surface area (TPSA) is 138 Å². The van der Waals surface area contributed by atoms with E-state index in [4.69, 9.17) is 5.73 Å². The smallest absolute Gasteiger partial charge is 0.405 e. The fourth-order valence-corrected chi connectivity index (χ4v) is 4.21. The van der Waals surface area contributed by atoms with E-state index in [9.17, 15) is 23.6 Å². The first-order valence-electron chi connectivity index (χ1n) is 11.6. The quantitative estimate of drug-likeness (QED) is 0.453. The van der Waals surface area contributed by atoms with Gasteiger partial charge in [-0.2, -0.15) is 0 Å². The van der Waals surface area contributed by atoms with E-state index in [1.165, 1.54) is 12.1 Å². The zero-order chi connectivity index (χ0) is 26.6. The molecule has 0 unspecified atom stereocenters. The van der Waals surface area contributed by atoms with Gasteiger partial charge in [0.1, 0.15) is 5.82 Å². The lowest BCUT2D eigenvalue weighted by molar-refractivity contribution is -0.125. The molecule has 11 heteroatoms. The van der Waals surface area contributed by atoms with E-state index < -0.39 is 30.3 Å². The molecule has 0 saturated heterocycles. The number of nitrogens with one attached hydrogen (secondary N) is 2. The van der Waals surface area contributed by atoms with Crippen molar-refractivity contribution in [2.75, 3.05) is 37.7 Å². The number of nitrogens with two attached hydrogens (primary N) is 1. The first-order valence-corrected chi connectivity index (χ1v) is 11.6. The minimum Gasteiger partial charge on any atom is -0.440 e. The van der Waals surface area contributed by atoms with Crippen LogP contribution < -0.4 is 16.0 Å². The van der Waals surface area contributed by atoms with Crippen LogP contribution in [-0.2, 0) is 14.3 Å². The van der Waals surface area contributed by atoms with Crippen molar-refractivity contribution in [3.8, 4) is 0 Å². The Hall–Kier alpha value is -3.99. The second-order valence-corrected chi connectivity index (χ2v) is 8.31. The molecule has 1 aromatic heterocycles. The Kier molecular flexibility index (Phi) is 8.25. The van der Waals surface area contributed by atoms with E-state index in [2.05, 4.69) is 33.8 Å². The number of amides is 4. The summed E-state index contributed by atoms with van der Waals surface area (Å²) in [6, 6.07) is 3.56. The van der Waals surface area contributed by atoms with Crippen molar-refractivity contribution in [3.63, 3.8) is 0 Å². The molecule has 0 atom stereocenters. The molecule has 0 bridgehead atoms. The van der Waals surface area contributed by atoms with Gasteiger partial charge in [0.2, 0.25) is 0 Å². The molecule has 2 heterocycles. The van der Waals surface area contributed by atoms with E-state index in [0.29, 0.717) is 29.1 Å². The first kappa shape index (κ1) is 26.6. The Balaban J connectivity index is 1.92. The molecular weight excluding hydrogens is 469 g/mol. The number of hydrogen-bond acceptors (Lipinski definition) is 6. The van der Waals surface area contributed by atoms with Crippen LogP contribution in [-0.4, -0.2) is 66.5 Å². The van der Waals surface area contributed by atoms with Gasteiger partial charge in [0.05, 0.1) is 16.8 Å². The number of likely N-dealkylation sites (N-methyl/N-ethyl adjacent to an activating group) is 1. The monoisotopic (exact) mass is 499 g/mol. The molecule has 1 aliphatic rings. The first-order chi connectivity index (χ1) is 17.1. The largest absolute Gasteiger partial charge is 0.440 e. The van der Waals surface area contributed by atoms with Crippen molar-refractivity contribution in [2.45, 2.75) is 27.7 Å². The van der Waals surface area contributed by atoms with Crippen molar-refractivity contribution in [1.82, 2.24) is 15.2 Å². The standard InChI is InChI=1S/C25H30FN5O5/c1-5-30(6-2)10-9-28-23(33)22-14(3)19(29-15(22)4)12-18-17-11-16(26)7-8-20(17)31(24(18)34)21(32)13-36-25(27)35/h7-8,11-12,29H,5-6,9-10,13H2,1-4H3,(H2,27,35)(H,28,33). The van der Waals surface area contributed by atoms with E-state index in [1.807, 2.05) is 0 Å². The van der Waals surface area contributed by atoms with Crippen LogP contribution >= 0.6 is 0 Å². The molecule has 4 N–H and O–H groups in total. The number of aromatic nitrogens is 1. The molecule has 0 fully saturated rings. The second-order valence-electron chi connectivity index (χ2n) is 8.31. The maximum absolute atomic E-state index is 14.1. The lowest BCUT2D eigenvalue weighted by atomic mass is 10.0. The summed E-state index contributed by atoms with van der Waals surface area (Å²) in [7, 11) is 0. The predicted octanol–water partition coefficient (Wildman–Crippen LogP) is 2.35. The third-order valence-corrected chi connectivity index (χ3v) is 6.11. The number of nitrogens with zero attached hydrogens (tertiary/aromatic N) is 2. The molecule has 192 valence electrons. The molecule has 36 heavy (non-hydrogen) atoms. The number of aryl methyl sites for hydroxylation is 1. The van der Waals surface area contributed by atoms with Crippen LogP contribution in [0, 0.1) is 19.7 Å². The van der Waals surface area contributed by atoms with Gasteiger partial charge in [-0.1, -0.05) is 13.8 Å². The van der Waals surface area contributed by atoms with E-state index in [1.54, 1.807) is 13.8 Å². The Morgan fingerprint density at radius 1 is 1.22 bits per heavy atom. The Labute approximate surface area is 208 Å². The predicted molar refractivity (Wildman–Crippen MR) is 133 cm³/mol. The van der Waals surface area contributed by atoms with Gasteiger partial charge in [0.25, 0.3) is 17.7 Å². The summed E-state index contributed by atoms with van der Waals surface area (Å²) in [5, 5.41) is 2.92. The number of primary amides is 1. The normalized spacial score (nSPS) is 13.9. The Morgan fingerprint density at radius 2 is 1.92 bits per heavy atom. The minimum atomic E-state index is -1.16. The van der Waals surface area contributed by atoms with Crippen molar-refractivity contribution in [1.29, 1.82) is 0 Å². The molecule has 3 rings (SSSR count). The van der Waals surface area contributed by atoms with Gasteiger partial charge in [-0.25, -0.2) is 14.1 Å². The SMILES string of the molecule is CCN(CC)CCNC(=O)c1c(C)[nH]c(C=C2C(=O)N(C(=O)COC(N)=O)c3ccc(F)cc32)c1C. The molecule has 4 amide bonds. The van der Waals surface area contributed by atoms with E-state index in [0.717, 1.165) is 36.7 Å². The molecule has 0 spiro atoms. The number of aromatic amines is 1. The third-order valence-electron chi connectivity index (χ3n) is 6.11. The number of carbonyl (C=O) groups excluding carboxylic acids is 4. The van der Waals surface area contributed by atoms with Crippen molar-refractivity contribution < 1.29 is 28.3 Å². The number of anilines is 1. The Morgan fingerprint density at radius 3 is 2.56 bits per heavy atom. The molecule has 0 aliphatic carbocycles. The van der Waals surface area contributed by atoms with Gasteiger partial charge in [-0.3, -0.25) is 14.4 Å². The molecule has 1 aromatic carbocycles. The molecule has 0 saturated carbocycles. The average molecular weight is 500 g/mol. The maximum atomic E-state index is 14.1. The van der Waals surface area contributed by atoms with Gasteiger partial charge < -0.3 is 25.7 Å². The Bertz CT molecular complexity index is 1230. The fraction of sp³-hybridized carbons (Fsp3) is 0.360. The van der Waals surface area contributed by atoms with Crippen LogP contribution in [0.2, 0.25) is 0 Å². The number of halogens is 1. The number of hydrogen-bond donors (Lipinski definition) is 3. The average Bonchev–Trinajstić information content (AvgIpc) is 3.26. The summed E-state index contributed by atoms with van der Waals surface area (Å²) < 4.78 is 18.6. The summed E-state index contributed by atoms with van der Waals surface area (Å²) in [5.74, 6) is -2.39. The molecule has 1 aliphatic heterocycles. The summed E-state index contributed by atoms with van der Waals surface area (Å²) in [6.07, 6.45) is 0.322. The van der Waals surface area contributed by atoms with Crippen LogP contribution in [0.1, 0.15) is 46.7 Å². The van der Waals surface area contributed by atoms with Crippen molar-refractivity contribution >= 4 is 41.2 Å². The highest BCUT2D eigenvalue weighted by Gasteiger charge is 2.37. The van der Waals surface area contributed by atoms with Gasteiger partial charge >= 0.3 is 6.09 Å². The zero-order valence-corrected chi connectivity index (χ0v) is 20.7. The lowest BCUT2D eigenvalue weighted by Gasteiger charge is -2.18. The van der Waals surface area contributed by atoms with Gasteiger partial charge in [0.15, 0.2) is 6.61 Å². The number of carbonyl (C=O) groups is 4. The van der Waals surface area contributed by atoms with Crippen LogP contribution in [0.15, 0.2) is 18.2 Å². The molecule has 0 radical (unpaired) electrons. The van der Waals surface area contributed by atoms with Crippen molar-refractivity contribution in [2.24, 2.45) is 5.73 Å². The van der Waals surface area contributed by atoms with E-state index >= 15 is 0 Å². The summed E-state index contributed by atoms with van der Waals surface area (Å²) in [4.78, 5) is 55.7. The van der Waals surface area contributed by atoms with Crippen LogP contribution in [0.5, 0.6) is 0 Å². The maximum Gasteiger partial charge on any atom is 0.405 e. The highest BCUT2D eigenvalue weighted by Crippen LogP contribution is 2.39. The molecule has 2 aromatic rings. The number of rotatable bonds is 9. The lowest BCUT2D eigenvalue weighted by Crippen LogP contribution is -2.37. The number of H-pyrrole nitrogens is 1. The van der Waals surface area contributed by atoms with Gasteiger partial charge in [-0.15, -0.1) is 0 Å². The molecular formula is C25H30FN5O5.